The molecule has 1 saturated heterocycles. The number of fused-ring (bicyclic) bond motifs is 4. The minimum atomic E-state index is -4.11. The number of unbranched alkanes of at least 4 members (excludes halogenated alkanes) is 5. The molecule has 4 rings (SSSR count). The Morgan fingerprint density at radius 1 is 1.03 bits per heavy atom. The molecule has 0 spiro atoms. The lowest BCUT2D eigenvalue weighted by molar-refractivity contribution is -0.167. The molecule has 0 saturated carbocycles. The molecular weight excluding hydrogens is 472 g/mol. The van der Waals surface area contributed by atoms with Gasteiger partial charge in [-0.3, -0.25) is 9.69 Å². The molecule has 35 heavy (non-hydrogen) atoms. The summed E-state index contributed by atoms with van der Waals surface area (Å²) in [6.07, 6.45) is 6.56. The molecule has 1 aromatic carbocycles. The molecule has 9 nitrogen and oxygen atoms in total. The number of hydrogen-bond donors (Lipinski definition) is 1. The summed E-state index contributed by atoms with van der Waals surface area (Å²) in [5, 5.41) is 10.2. The number of hydrogen-bond acceptors (Lipinski definition) is 7. The predicted octanol–water partition coefficient (Wildman–Crippen LogP) is 4.14. The predicted molar refractivity (Wildman–Crippen MR) is 132 cm³/mol. The summed E-state index contributed by atoms with van der Waals surface area (Å²) in [5.74, 6) is -1.66. The van der Waals surface area contributed by atoms with Crippen LogP contribution in [0, 0.1) is 19.3 Å². The molecule has 3 heterocycles. The number of benzene rings is 1. The van der Waals surface area contributed by atoms with Gasteiger partial charge in [0.15, 0.2) is 6.04 Å². The van der Waals surface area contributed by atoms with Gasteiger partial charge in [-0.05, 0) is 62.8 Å². The maximum atomic E-state index is 13.9. The molecule has 10 heteroatoms. The lowest BCUT2D eigenvalue weighted by Crippen LogP contribution is -2.55. The van der Waals surface area contributed by atoms with Crippen LogP contribution in [0.2, 0.25) is 0 Å². The molecular formula is C25H36N2O7S. The highest BCUT2D eigenvalue weighted by Crippen LogP contribution is 2.55. The van der Waals surface area contributed by atoms with Crippen LogP contribution in [0.1, 0.15) is 87.6 Å². The molecule has 3 aliphatic heterocycles. The second-order valence-corrected chi connectivity index (χ2v) is 11.6. The first kappa shape index (κ1) is 25.9. The van der Waals surface area contributed by atoms with Gasteiger partial charge in [-0.1, -0.05) is 39.0 Å². The van der Waals surface area contributed by atoms with Gasteiger partial charge in [-0.15, -0.1) is 0 Å². The summed E-state index contributed by atoms with van der Waals surface area (Å²) in [5.41, 5.74) is 3.61. The first-order chi connectivity index (χ1) is 16.4. The van der Waals surface area contributed by atoms with Gasteiger partial charge in [0, 0.05) is 13.1 Å². The number of anilines is 2. The number of nitrogens with zero attached hydrogens (tertiary/aromatic N) is 2. The molecule has 0 aliphatic carbocycles. The number of amides is 1. The van der Waals surface area contributed by atoms with Crippen LogP contribution in [0.25, 0.3) is 0 Å². The topological polar surface area (TPSA) is 113 Å². The molecule has 0 radical (unpaired) electrons. The van der Waals surface area contributed by atoms with Gasteiger partial charge in [0.1, 0.15) is 0 Å². The van der Waals surface area contributed by atoms with Crippen LogP contribution in [-0.4, -0.2) is 44.8 Å². The van der Waals surface area contributed by atoms with Crippen LogP contribution in [-0.2, 0) is 34.8 Å². The van der Waals surface area contributed by atoms with Crippen molar-refractivity contribution in [2.24, 2.45) is 5.41 Å². The number of carbonyl (C=O) groups excluding carboxylic acids is 1. The fourth-order valence-corrected chi connectivity index (χ4v) is 6.59. The van der Waals surface area contributed by atoms with Crippen molar-refractivity contribution in [3.63, 3.8) is 0 Å². The maximum Gasteiger partial charge on any atom is 0.405 e. The summed E-state index contributed by atoms with van der Waals surface area (Å²) in [6, 6.07) is -1.17. The van der Waals surface area contributed by atoms with Gasteiger partial charge in [0.05, 0.1) is 16.8 Å². The summed E-state index contributed by atoms with van der Waals surface area (Å²) in [4.78, 5) is 30.0. The van der Waals surface area contributed by atoms with E-state index < -0.39 is 40.0 Å². The zero-order valence-corrected chi connectivity index (χ0v) is 22.0. The molecule has 194 valence electrons. The van der Waals surface area contributed by atoms with Crippen molar-refractivity contribution >= 4 is 33.7 Å². The summed E-state index contributed by atoms with van der Waals surface area (Å²) >= 11 is 0. The summed E-state index contributed by atoms with van der Waals surface area (Å²) in [7, 11) is -4.11. The van der Waals surface area contributed by atoms with Crippen molar-refractivity contribution in [2.45, 2.75) is 91.9 Å². The number of carbonyl (C=O) groups is 2. The van der Waals surface area contributed by atoms with Crippen LogP contribution in [0.5, 0.6) is 0 Å². The number of rotatable bonds is 10. The number of aliphatic carboxylic acids is 1. The Hall–Kier alpha value is -2.17. The minimum Gasteiger partial charge on any atom is -0.479 e. The number of carboxylic acid groups (broad SMARTS) is 1. The average molecular weight is 509 g/mol. The number of carboxylic acids is 1. The standard InChI is InChI=1S/C25H36N2O7S/c1-6-7-8-9-10-11-13-26-14-12-17-15(2)18-16(3)19(20(17)26)27(21(18)22(28)29)23(30)25(4,5)24-33-35(31,32)34-24/h21,24H,6-14H2,1-5H3,(H,28,29). The Labute approximate surface area is 207 Å². The lowest BCUT2D eigenvalue weighted by atomic mass is 9.90. The molecule has 1 N–H and O–H groups in total. The normalized spacial score (nSPS) is 20.8. The Morgan fingerprint density at radius 3 is 2.26 bits per heavy atom. The highest BCUT2D eigenvalue weighted by atomic mass is 32.3. The van der Waals surface area contributed by atoms with Crippen LogP contribution in [0.4, 0.5) is 11.4 Å². The van der Waals surface area contributed by atoms with Gasteiger partial charge in [-0.25, -0.2) is 13.2 Å². The third kappa shape index (κ3) is 4.34. The first-order valence-corrected chi connectivity index (χ1v) is 13.8. The van der Waals surface area contributed by atoms with Gasteiger partial charge < -0.3 is 10.0 Å². The van der Waals surface area contributed by atoms with E-state index >= 15 is 0 Å². The molecule has 0 aromatic heterocycles. The summed E-state index contributed by atoms with van der Waals surface area (Å²) < 4.78 is 32.5. The molecule has 1 fully saturated rings. The highest BCUT2D eigenvalue weighted by Gasteiger charge is 2.56. The Bertz CT molecular complexity index is 1130. The van der Waals surface area contributed by atoms with Crippen LogP contribution < -0.4 is 9.80 Å². The minimum absolute atomic E-state index is 0.540. The van der Waals surface area contributed by atoms with E-state index in [1.165, 1.54) is 44.4 Å². The molecule has 1 unspecified atom stereocenters. The van der Waals surface area contributed by atoms with Gasteiger partial charge in [0.25, 0.3) is 0 Å². The fourth-order valence-electron chi connectivity index (χ4n) is 5.67. The molecule has 2 bridgehead atoms. The Kier molecular flexibility index (Phi) is 6.93. The second-order valence-electron chi connectivity index (χ2n) is 10.4. The molecule has 1 aromatic rings. The smallest absolute Gasteiger partial charge is 0.405 e. The average Bonchev–Trinajstić information content (AvgIpc) is 3.28. The largest absolute Gasteiger partial charge is 0.479 e. The van der Waals surface area contributed by atoms with E-state index in [2.05, 4.69) is 11.8 Å². The zero-order chi connectivity index (χ0) is 25.7. The van der Waals surface area contributed by atoms with Gasteiger partial charge >= 0.3 is 16.4 Å². The van der Waals surface area contributed by atoms with E-state index in [4.69, 9.17) is 8.37 Å². The van der Waals surface area contributed by atoms with E-state index in [1.807, 2.05) is 13.8 Å². The van der Waals surface area contributed by atoms with Crippen molar-refractivity contribution in [3.05, 3.63) is 22.3 Å². The Morgan fingerprint density at radius 2 is 1.66 bits per heavy atom. The van der Waals surface area contributed by atoms with Crippen LogP contribution in [0.3, 0.4) is 0 Å². The van der Waals surface area contributed by atoms with Crippen molar-refractivity contribution in [1.82, 2.24) is 0 Å². The van der Waals surface area contributed by atoms with E-state index in [-0.39, 0.29) is 0 Å². The van der Waals surface area contributed by atoms with Crippen LogP contribution >= 0.6 is 0 Å². The zero-order valence-electron chi connectivity index (χ0n) is 21.2. The molecule has 1 atom stereocenters. The van der Waals surface area contributed by atoms with Gasteiger partial charge in [0.2, 0.25) is 12.2 Å². The lowest BCUT2D eigenvalue weighted by Gasteiger charge is -2.40. The van der Waals surface area contributed by atoms with E-state index in [0.29, 0.717) is 11.3 Å². The second kappa shape index (κ2) is 9.37. The van der Waals surface area contributed by atoms with Crippen molar-refractivity contribution < 1.29 is 31.5 Å². The van der Waals surface area contributed by atoms with Crippen molar-refractivity contribution in [3.8, 4) is 0 Å². The van der Waals surface area contributed by atoms with E-state index in [9.17, 15) is 23.1 Å². The molecule has 1 amide bonds. The third-order valence-electron chi connectivity index (χ3n) is 7.63. The Balaban J connectivity index is 1.67. The first-order valence-electron chi connectivity index (χ1n) is 12.5. The third-order valence-corrected chi connectivity index (χ3v) is 8.45. The van der Waals surface area contributed by atoms with Crippen LogP contribution in [0.15, 0.2) is 0 Å². The monoisotopic (exact) mass is 508 g/mol. The van der Waals surface area contributed by atoms with E-state index in [0.717, 1.165) is 54.7 Å². The highest BCUT2D eigenvalue weighted by molar-refractivity contribution is 7.82. The van der Waals surface area contributed by atoms with E-state index in [1.54, 1.807) is 0 Å². The quantitative estimate of drug-likeness (QED) is 0.469. The van der Waals surface area contributed by atoms with Crippen molar-refractivity contribution in [2.75, 3.05) is 22.9 Å². The SMILES string of the molecule is CCCCCCCCN1CCc2c(C)c3c(C)c(c21)N(C(=O)C(C)(C)C1OS(=O)(=O)O1)C3C(=O)O. The van der Waals surface area contributed by atoms with Crippen molar-refractivity contribution in [1.29, 1.82) is 0 Å². The molecule has 3 aliphatic rings. The summed E-state index contributed by atoms with van der Waals surface area (Å²) in [6.45, 7) is 10.7. The van der Waals surface area contributed by atoms with Gasteiger partial charge in [-0.2, -0.15) is 8.42 Å². The maximum absolute atomic E-state index is 13.9. The fraction of sp³-hybridized carbons (Fsp3) is 0.680.